The van der Waals surface area contributed by atoms with Gasteiger partial charge < -0.3 is 4.74 Å². The minimum absolute atomic E-state index is 0.0603. The van der Waals surface area contributed by atoms with Crippen molar-refractivity contribution in [3.05, 3.63) is 54.3 Å². The topological polar surface area (TPSA) is 80.8 Å². The SMILES string of the molecule is COc1ccc(S(=O)(=O)N2CCC(S(=O)(=O)c3ccccc3)C2)cc1F. The molecule has 1 aliphatic heterocycles. The summed E-state index contributed by atoms with van der Waals surface area (Å²) in [5.74, 6) is -0.851. The quantitative estimate of drug-likeness (QED) is 0.769. The fraction of sp³-hybridized carbons (Fsp3) is 0.294. The molecular formula is C17H18FNO5S2. The predicted molar refractivity (Wildman–Crippen MR) is 93.7 cm³/mol. The Hall–Kier alpha value is -1.97. The average Bonchev–Trinajstić information content (AvgIpc) is 3.14. The van der Waals surface area contributed by atoms with Gasteiger partial charge in [0.2, 0.25) is 10.0 Å². The van der Waals surface area contributed by atoms with Gasteiger partial charge in [-0.2, -0.15) is 4.31 Å². The van der Waals surface area contributed by atoms with E-state index in [-0.39, 0.29) is 35.1 Å². The van der Waals surface area contributed by atoms with Gasteiger partial charge >= 0.3 is 0 Å². The van der Waals surface area contributed by atoms with Crippen LogP contribution in [-0.2, 0) is 19.9 Å². The van der Waals surface area contributed by atoms with Gasteiger partial charge in [-0.15, -0.1) is 0 Å². The van der Waals surface area contributed by atoms with E-state index in [0.29, 0.717) is 0 Å². The minimum atomic E-state index is -3.99. The highest BCUT2D eigenvalue weighted by Gasteiger charge is 2.39. The third kappa shape index (κ3) is 3.34. The molecule has 0 saturated carbocycles. The Morgan fingerprint density at radius 1 is 1.04 bits per heavy atom. The number of rotatable bonds is 5. The standard InChI is InChI=1S/C17H18FNO5S2/c1-24-17-8-7-14(11-16(17)18)26(22,23)19-10-9-15(12-19)25(20,21)13-5-3-2-4-6-13/h2-8,11,15H,9-10,12H2,1H3. The molecule has 3 rings (SSSR count). The van der Waals surface area contributed by atoms with Gasteiger partial charge in [-0.3, -0.25) is 0 Å². The summed E-state index contributed by atoms with van der Waals surface area (Å²) in [6, 6.07) is 11.3. The molecular weight excluding hydrogens is 381 g/mol. The molecule has 1 heterocycles. The fourth-order valence-electron chi connectivity index (χ4n) is 2.93. The number of benzene rings is 2. The Balaban J connectivity index is 1.85. The molecule has 0 N–H and O–H groups in total. The van der Waals surface area contributed by atoms with Gasteiger partial charge in [0.15, 0.2) is 21.4 Å². The number of hydrogen-bond donors (Lipinski definition) is 0. The summed E-state index contributed by atoms with van der Waals surface area (Å²) >= 11 is 0. The molecule has 0 aliphatic carbocycles. The second kappa shape index (κ2) is 6.98. The molecule has 1 aliphatic rings. The Morgan fingerprint density at radius 3 is 2.35 bits per heavy atom. The summed E-state index contributed by atoms with van der Waals surface area (Å²) in [6.07, 6.45) is 0.190. The van der Waals surface area contributed by atoms with Crippen LogP contribution in [-0.4, -0.2) is 46.6 Å². The first kappa shape index (κ1) is 18.8. The molecule has 1 fully saturated rings. The Bertz CT molecular complexity index is 1010. The molecule has 2 aromatic carbocycles. The first-order valence-corrected chi connectivity index (χ1v) is 10.9. The van der Waals surface area contributed by atoms with E-state index < -0.39 is 30.9 Å². The molecule has 1 unspecified atom stereocenters. The first-order valence-electron chi connectivity index (χ1n) is 7.89. The van der Waals surface area contributed by atoms with Crippen molar-refractivity contribution in [2.75, 3.05) is 20.2 Å². The number of hydrogen-bond acceptors (Lipinski definition) is 5. The Labute approximate surface area is 152 Å². The van der Waals surface area contributed by atoms with Crippen LogP contribution in [0.1, 0.15) is 6.42 Å². The van der Waals surface area contributed by atoms with Crippen LogP contribution in [0, 0.1) is 5.82 Å². The van der Waals surface area contributed by atoms with Gasteiger partial charge in [0.1, 0.15) is 0 Å². The third-order valence-electron chi connectivity index (χ3n) is 4.38. The molecule has 0 aromatic heterocycles. The summed E-state index contributed by atoms with van der Waals surface area (Å²) in [6.45, 7) is -0.0973. The summed E-state index contributed by atoms with van der Waals surface area (Å²) in [7, 11) is -6.34. The van der Waals surface area contributed by atoms with Crippen molar-refractivity contribution in [1.29, 1.82) is 0 Å². The summed E-state index contributed by atoms with van der Waals surface area (Å²) in [5.41, 5.74) is 0. The minimum Gasteiger partial charge on any atom is -0.494 e. The number of halogens is 1. The van der Waals surface area contributed by atoms with Crippen molar-refractivity contribution >= 4 is 19.9 Å². The van der Waals surface area contributed by atoms with E-state index in [4.69, 9.17) is 4.74 Å². The zero-order chi connectivity index (χ0) is 18.9. The van der Waals surface area contributed by atoms with E-state index in [1.807, 2.05) is 0 Å². The van der Waals surface area contributed by atoms with Crippen molar-refractivity contribution in [3.63, 3.8) is 0 Å². The van der Waals surface area contributed by atoms with Crippen LogP contribution < -0.4 is 4.74 Å². The predicted octanol–water partition coefficient (Wildman–Crippen LogP) is 2.07. The lowest BCUT2D eigenvalue weighted by molar-refractivity contribution is 0.385. The van der Waals surface area contributed by atoms with Crippen molar-refractivity contribution in [3.8, 4) is 5.75 Å². The number of nitrogens with zero attached hydrogens (tertiary/aromatic N) is 1. The smallest absolute Gasteiger partial charge is 0.243 e. The van der Waals surface area contributed by atoms with Crippen molar-refractivity contribution < 1.29 is 26.0 Å². The van der Waals surface area contributed by atoms with E-state index in [1.165, 1.54) is 31.4 Å². The number of methoxy groups -OCH3 is 1. The lowest BCUT2D eigenvalue weighted by Gasteiger charge is -2.17. The molecule has 0 spiro atoms. The van der Waals surface area contributed by atoms with Gasteiger partial charge in [-0.25, -0.2) is 21.2 Å². The molecule has 6 nitrogen and oxygen atoms in total. The highest BCUT2D eigenvalue weighted by atomic mass is 32.2. The third-order valence-corrected chi connectivity index (χ3v) is 8.43. The van der Waals surface area contributed by atoms with Crippen LogP contribution in [0.15, 0.2) is 58.3 Å². The molecule has 26 heavy (non-hydrogen) atoms. The van der Waals surface area contributed by atoms with E-state index in [9.17, 15) is 21.2 Å². The van der Waals surface area contributed by atoms with Crippen LogP contribution in [0.3, 0.4) is 0 Å². The number of sulfone groups is 1. The van der Waals surface area contributed by atoms with Crippen molar-refractivity contribution in [1.82, 2.24) is 4.31 Å². The largest absolute Gasteiger partial charge is 0.494 e. The van der Waals surface area contributed by atoms with Gasteiger partial charge in [0, 0.05) is 13.1 Å². The van der Waals surface area contributed by atoms with Crippen LogP contribution in [0.25, 0.3) is 0 Å². The summed E-state index contributed by atoms with van der Waals surface area (Å²) in [5, 5.41) is -0.831. The Morgan fingerprint density at radius 2 is 1.73 bits per heavy atom. The summed E-state index contributed by atoms with van der Waals surface area (Å²) < 4.78 is 70.5. The first-order chi connectivity index (χ1) is 12.3. The van der Waals surface area contributed by atoms with Crippen molar-refractivity contribution in [2.45, 2.75) is 21.5 Å². The highest BCUT2D eigenvalue weighted by Crippen LogP contribution is 2.29. The van der Waals surface area contributed by atoms with E-state index in [0.717, 1.165) is 10.4 Å². The molecule has 0 bridgehead atoms. The zero-order valence-corrected chi connectivity index (χ0v) is 15.6. The average molecular weight is 399 g/mol. The molecule has 140 valence electrons. The molecule has 9 heteroatoms. The maximum absolute atomic E-state index is 13.9. The van der Waals surface area contributed by atoms with E-state index in [2.05, 4.69) is 0 Å². The van der Waals surface area contributed by atoms with Gasteiger partial charge in [-0.1, -0.05) is 18.2 Å². The highest BCUT2D eigenvalue weighted by molar-refractivity contribution is 7.92. The molecule has 1 saturated heterocycles. The molecule has 2 aromatic rings. The van der Waals surface area contributed by atoms with Crippen LogP contribution in [0.2, 0.25) is 0 Å². The second-order valence-electron chi connectivity index (χ2n) is 5.93. The van der Waals surface area contributed by atoms with Crippen LogP contribution in [0.5, 0.6) is 5.75 Å². The fourth-order valence-corrected chi connectivity index (χ4v) is 6.25. The maximum atomic E-state index is 13.9. The van der Waals surface area contributed by atoms with E-state index in [1.54, 1.807) is 18.2 Å². The van der Waals surface area contributed by atoms with Gasteiger partial charge in [0.25, 0.3) is 0 Å². The Kier molecular flexibility index (Phi) is 5.05. The molecule has 1 atom stereocenters. The number of ether oxygens (including phenoxy) is 1. The number of sulfonamides is 1. The lowest BCUT2D eigenvalue weighted by Crippen LogP contribution is -2.32. The second-order valence-corrected chi connectivity index (χ2v) is 10.1. The monoisotopic (exact) mass is 399 g/mol. The normalized spacial score (nSPS) is 18.8. The maximum Gasteiger partial charge on any atom is 0.243 e. The van der Waals surface area contributed by atoms with Crippen LogP contribution in [0.4, 0.5) is 4.39 Å². The van der Waals surface area contributed by atoms with E-state index >= 15 is 0 Å². The molecule has 0 amide bonds. The molecule has 0 radical (unpaired) electrons. The van der Waals surface area contributed by atoms with Gasteiger partial charge in [0.05, 0.1) is 22.2 Å². The van der Waals surface area contributed by atoms with Crippen molar-refractivity contribution in [2.24, 2.45) is 0 Å². The lowest BCUT2D eigenvalue weighted by atomic mass is 10.3. The zero-order valence-electron chi connectivity index (χ0n) is 14.0. The van der Waals surface area contributed by atoms with Gasteiger partial charge in [-0.05, 0) is 36.8 Å². The van der Waals surface area contributed by atoms with Crippen LogP contribution >= 0.6 is 0 Å². The summed E-state index contributed by atoms with van der Waals surface area (Å²) in [4.78, 5) is -0.0618.